The van der Waals surface area contributed by atoms with Crippen LogP contribution in [0.2, 0.25) is 0 Å². The number of nitrogens with zero attached hydrogens (tertiary/aromatic N) is 4. The maximum absolute atomic E-state index is 12.8. The molecular weight excluding hydrogens is 439 g/mol. The van der Waals surface area contributed by atoms with E-state index in [1.807, 2.05) is 12.1 Å². The monoisotopic (exact) mass is 461 g/mol. The van der Waals surface area contributed by atoms with Crippen molar-refractivity contribution in [1.29, 1.82) is 5.26 Å². The topological polar surface area (TPSA) is 103 Å². The summed E-state index contributed by atoms with van der Waals surface area (Å²) in [6, 6.07) is 11.6. The van der Waals surface area contributed by atoms with Gasteiger partial charge >= 0.3 is 6.18 Å². The summed E-state index contributed by atoms with van der Waals surface area (Å²) in [7, 11) is 0. The average molecular weight is 461 g/mol. The van der Waals surface area contributed by atoms with E-state index in [1.54, 1.807) is 17.0 Å². The Bertz CT molecular complexity index is 1050. The maximum atomic E-state index is 12.8. The number of nitro benzene ring substituents is 1. The summed E-state index contributed by atoms with van der Waals surface area (Å²) in [6.45, 7) is 2.49. The first-order valence-corrected chi connectivity index (χ1v) is 10.3. The van der Waals surface area contributed by atoms with Crippen LogP contribution in [0.5, 0.6) is 0 Å². The minimum Gasteiger partial charge on any atom is -0.379 e. The third kappa shape index (κ3) is 6.12. The number of hydrogen-bond donors (Lipinski definition) is 1. The van der Waals surface area contributed by atoms with Crippen LogP contribution in [0, 0.1) is 21.4 Å². The highest BCUT2D eigenvalue weighted by molar-refractivity contribution is 5.77. The van der Waals surface area contributed by atoms with Gasteiger partial charge in [-0.15, -0.1) is 0 Å². The summed E-state index contributed by atoms with van der Waals surface area (Å²) < 4.78 is 38.5. The van der Waals surface area contributed by atoms with Crippen LogP contribution in [0.3, 0.4) is 0 Å². The summed E-state index contributed by atoms with van der Waals surface area (Å²) in [6.07, 6.45) is -3.88. The molecule has 1 N–H and O–H groups in total. The number of nitrogens with one attached hydrogen (secondary N) is 1. The number of alkyl halides is 3. The first-order chi connectivity index (χ1) is 15.7. The number of halogens is 3. The van der Waals surface area contributed by atoms with E-state index in [-0.39, 0.29) is 24.6 Å². The Hall–Kier alpha value is -3.81. The zero-order valence-electron chi connectivity index (χ0n) is 17.6. The second kappa shape index (κ2) is 10.2. The lowest BCUT2D eigenvalue weighted by Crippen LogP contribution is -2.36. The first-order valence-electron chi connectivity index (χ1n) is 10.3. The predicted molar refractivity (Wildman–Crippen MR) is 116 cm³/mol. The van der Waals surface area contributed by atoms with Gasteiger partial charge < -0.3 is 15.1 Å². The Morgan fingerprint density at radius 2 is 1.85 bits per heavy atom. The molecule has 1 aliphatic rings. The number of amides is 1. The molecule has 0 radical (unpaired) electrons. The van der Waals surface area contributed by atoms with Gasteiger partial charge in [0.05, 0.1) is 22.1 Å². The van der Waals surface area contributed by atoms with Crippen LogP contribution in [0.25, 0.3) is 0 Å². The second-order valence-electron chi connectivity index (χ2n) is 7.54. The molecule has 1 saturated heterocycles. The molecular formula is C22H22F3N5O3. The number of anilines is 2. The van der Waals surface area contributed by atoms with Crippen LogP contribution in [-0.2, 0) is 11.0 Å². The highest BCUT2D eigenvalue weighted by Crippen LogP contribution is 2.35. The predicted octanol–water partition coefficient (Wildman–Crippen LogP) is 4.03. The summed E-state index contributed by atoms with van der Waals surface area (Å²) >= 11 is 0. The molecule has 1 heterocycles. The van der Waals surface area contributed by atoms with Crippen LogP contribution in [0.15, 0.2) is 42.5 Å². The van der Waals surface area contributed by atoms with Crippen LogP contribution in [-0.4, -0.2) is 48.5 Å². The number of benzene rings is 2. The minimum atomic E-state index is -4.68. The molecule has 0 saturated carbocycles. The fraction of sp³-hybridized carbons (Fsp3) is 0.364. The summed E-state index contributed by atoms with van der Waals surface area (Å²) in [4.78, 5) is 26.8. The molecule has 0 unspecified atom stereocenters. The van der Waals surface area contributed by atoms with Crippen molar-refractivity contribution in [2.45, 2.75) is 19.0 Å². The highest BCUT2D eigenvalue weighted by Gasteiger charge is 2.33. The van der Waals surface area contributed by atoms with Crippen molar-refractivity contribution in [3.8, 4) is 6.07 Å². The van der Waals surface area contributed by atoms with E-state index in [9.17, 15) is 28.1 Å². The fourth-order valence-electron chi connectivity index (χ4n) is 3.64. The van der Waals surface area contributed by atoms with E-state index in [0.29, 0.717) is 31.3 Å². The van der Waals surface area contributed by atoms with E-state index in [0.717, 1.165) is 30.8 Å². The first kappa shape index (κ1) is 23.8. The molecule has 1 fully saturated rings. The molecule has 33 heavy (non-hydrogen) atoms. The Labute approximate surface area is 188 Å². The van der Waals surface area contributed by atoms with E-state index in [2.05, 4.69) is 16.3 Å². The zero-order chi connectivity index (χ0) is 24.0. The Morgan fingerprint density at radius 1 is 1.12 bits per heavy atom. The smallest absolute Gasteiger partial charge is 0.379 e. The van der Waals surface area contributed by atoms with Crippen molar-refractivity contribution in [3.63, 3.8) is 0 Å². The number of nitro groups is 1. The maximum Gasteiger partial charge on any atom is 0.416 e. The third-order valence-corrected chi connectivity index (χ3v) is 5.39. The molecule has 0 spiro atoms. The van der Waals surface area contributed by atoms with Crippen molar-refractivity contribution < 1.29 is 22.9 Å². The molecule has 1 aliphatic heterocycles. The van der Waals surface area contributed by atoms with Crippen LogP contribution in [0.4, 0.5) is 30.2 Å². The Kier molecular flexibility index (Phi) is 7.37. The molecule has 1 amide bonds. The lowest BCUT2D eigenvalue weighted by Gasteiger charge is -2.24. The average Bonchev–Trinajstić information content (AvgIpc) is 3.05. The lowest BCUT2D eigenvalue weighted by molar-refractivity contribution is -0.384. The third-order valence-electron chi connectivity index (χ3n) is 5.39. The van der Waals surface area contributed by atoms with Crippen molar-refractivity contribution in [1.82, 2.24) is 4.90 Å². The molecule has 174 valence electrons. The van der Waals surface area contributed by atoms with E-state index in [1.165, 1.54) is 0 Å². The zero-order valence-corrected chi connectivity index (χ0v) is 17.6. The van der Waals surface area contributed by atoms with Gasteiger partial charge in [-0.05, 0) is 42.8 Å². The van der Waals surface area contributed by atoms with Crippen molar-refractivity contribution in [2.24, 2.45) is 0 Å². The molecule has 2 aromatic rings. The van der Waals surface area contributed by atoms with Crippen LogP contribution < -0.4 is 10.2 Å². The number of carbonyl (C=O) groups is 1. The highest BCUT2D eigenvalue weighted by atomic mass is 19.4. The number of rotatable bonds is 6. The minimum absolute atomic E-state index is 0.0506. The van der Waals surface area contributed by atoms with E-state index >= 15 is 0 Å². The van der Waals surface area contributed by atoms with Crippen molar-refractivity contribution >= 4 is 23.0 Å². The number of nitriles is 1. The summed E-state index contributed by atoms with van der Waals surface area (Å²) in [5, 5.41) is 22.8. The molecule has 0 aliphatic carbocycles. The SMILES string of the molecule is N#Cc1ccc(N2CCCN(C(=O)CCNc3ccc(C(F)(F)F)cc3[N+](=O)[O-])CC2)cc1. The van der Waals surface area contributed by atoms with Gasteiger partial charge in [-0.1, -0.05) is 0 Å². The Balaban J connectivity index is 1.55. The molecule has 11 heteroatoms. The van der Waals surface area contributed by atoms with Gasteiger partial charge in [0, 0.05) is 50.9 Å². The van der Waals surface area contributed by atoms with Gasteiger partial charge in [0.15, 0.2) is 0 Å². The molecule has 2 aromatic carbocycles. The molecule has 0 bridgehead atoms. The second-order valence-corrected chi connectivity index (χ2v) is 7.54. The summed E-state index contributed by atoms with van der Waals surface area (Å²) in [5.41, 5.74) is -0.313. The molecule has 0 atom stereocenters. The van der Waals surface area contributed by atoms with Gasteiger partial charge in [-0.2, -0.15) is 18.4 Å². The van der Waals surface area contributed by atoms with Crippen LogP contribution >= 0.6 is 0 Å². The van der Waals surface area contributed by atoms with Crippen LogP contribution in [0.1, 0.15) is 24.0 Å². The van der Waals surface area contributed by atoms with Gasteiger partial charge in [0.2, 0.25) is 5.91 Å². The van der Waals surface area contributed by atoms with Gasteiger partial charge in [-0.25, -0.2) is 0 Å². The molecule has 8 nitrogen and oxygen atoms in total. The fourth-order valence-corrected chi connectivity index (χ4v) is 3.64. The van der Waals surface area contributed by atoms with E-state index < -0.39 is 22.4 Å². The lowest BCUT2D eigenvalue weighted by atomic mass is 10.1. The standard InChI is InChI=1S/C22H22F3N5O3/c23-22(24,25)17-4-7-19(20(14-17)30(32)33)27-9-8-21(31)29-11-1-10-28(12-13-29)18-5-2-16(15-26)3-6-18/h2-7,14,27H,1,8-13H2. The van der Waals surface area contributed by atoms with Gasteiger partial charge in [0.25, 0.3) is 5.69 Å². The number of carbonyl (C=O) groups excluding carboxylic acids is 1. The molecule has 0 aromatic heterocycles. The largest absolute Gasteiger partial charge is 0.416 e. The van der Waals surface area contributed by atoms with Crippen molar-refractivity contribution in [3.05, 3.63) is 63.7 Å². The van der Waals surface area contributed by atoms with E-state index in [4.69, 9.17) is 5.26 Å². The summed E-state index contributed by atoms with van der Waals surface area (Å²) in [5.74, 6) is -0.140. The molecule has 3 rings (SSSR count). The quantitative estimate of drug-likeness (QED) is 0.515. The van der Waals surface area contributed by atoms with Gasteiger partial charge in [0.1, 0.15) is 5.69 Å². The number of hydrogen-bond acceptors (Lipinski definition) is 6. The van der Waals surface area contributed by atoms with Gasteiger partial charge in [-0.3, -0.25) is 14.9 Å². The van der Waals surface area contributed by atoms with Crippen molar-refractivity contribution in [2.75, 3.05) is 42.9 Å². The normalized spacial score (nSPS) is 14.4. The Morgan fingerprint density at radius 3 is 2.48 bits per heavy atom.